The van der Waals surface area contributed by atoms with Crippen LogP contribution in [-0.4, -0.2) is 10.9 Å². The quantitative estimate of drug-likeness (QED) is 0.362. The van der Waals surface area contributed by atoms with E-state index < -0.39 is 10.9 Å². The lowest BCUT2D eigenvalue weighted by atomic mass is 10.2. The molecule has 0 atom stereocenters. The summed E-state index contributed by atoms with van der Waals surface area (Å²) in [5.74, 6) is -0.0767. The first-order valence-corrected chi connectivity index (χ1v) is 5.77. The zero-order chi connectivity index (χ0) is 14.4. The minimum Gasteiger partial charge on any atom is -0.465 e. The summed E-state index contributed by atoms with van der Waals surface area (Å²) in [7, 11) is 0. The number of rotatable bonds is 5. The van der Waals surface area contributed by atoms with Crippen LogP contribution >= 0.6 is 0 Å². The van der Waals surface area contributed by atoms with Crippen LogP contribution in [0, 0.1) is 10.1 Å². The first-order valence-electron chi connectivity index (χ1n) is 5.77. The van der Waals surface area contributed by atoms with Crippen molar-refractivity contribution in [1.82, 2.24) is 0 Å². The van der Waals surface area contributed by atoms with Crippen LogP contribution in [0.5, 0.6) is 0 Å². The van der Waals surface area contributed by atoms with Crippen LogP contribution < -0.4 is 0 Å². The number of hydrogen-bond donors (Lipinski definition) is 0. The molecule has 0 saturated carbocycles. The Balaban J connectivity index is 1.95. The van der Waals surface area contributed by atoms with Gasteiger partial charge in [0.05, 0.1) is 16.7 Å². The summed E-state index contributed by atoms with van der Waals surface area (Å²) in [5.41, 5.74) is 0.271. The first-order chi connectivity index (χ1) is 9.66. The molecule has 0 spiro atoms. The summed E-state index contributed by atoms with van der Waals surface area (Å²) in [6.07, 6.45) is 4.15. The highest BCUT2D eigenvalue weighted by molar-refractivity contribution is 5.86. The summed E-state index contributed by atoms with van der Waals surface area (Å²) in [5, 5.41) is 10.8. The summed E-state index contributed by atoms with van der Waals surface area (Å²) in [6, 6.07) is 9.49. The number of nitro benzene ring substituents is 1. The molecule has 2 aromatic rings. The molecule has 0 N–H and O–H groups in total. The van der Waals surface area contributed by atoms with Gasteiger partial charge in [-0.2, -0.15) is 0 Å². The van der Waals surface area contributed by atoms with Crippen molar-refractivity contribution < 1.29 is 18.9 Å². The van der Waals surface area contributed by atoms with Crippen molar-refractivity contribution in [3.05, 3.63) is 70.2 Å². The summed E-state index contributed by atoms with van der Waals surface area (Å²) < 4.78 is 9.96. The number of esters is 1. The topological polar surface area (TPSA) is 82.6 Å². The lowest BCUT2D eigenvalue weighted by Gasteiger charge is -2.02. The van der Waals surface area contributed by atoms with E-state index in [4.69, 9.17) is 9.15 Å². The number of para-hydroxylation sites is 1. The molecule has 0 radical (unpaired) electrons. The number of nitro groups is 1. The molecule has 0 saturated heterocycles. The van der Waals surface area contributed by atoms with Gasteiger partial charge >= 0.3 is 5.97 Å². The highest BCUT2D eigenvalue weighted by Crippen LogP contribution is 2.18. The number of hydrogen-bond acceptors (Lipinski definition) is 5. The Kier molecular flexibility index (Phi) is 4.28. The van der Waals surface area contributed by atoms with Gasteiger partial charge in [-0.15, -0.1) is 0 Å². The van der Waals surface area contributed by atoms with E-state index in [1.807, 2.05) is 0 Å². The number of benzene rings is 1. The summed E-state index contributed by atoms with van der Waals surface area (Å²) in [4.78, 5) is 21.7. The van der Waals surface area contributed by atoms with Gasteiger partial charge in [0.2, 0.25) is 0 Å². The van der Waals surface area contributed by atoms with Crippen LogP contribution in [0.25, 0.3) is 6.08 Å². The molecule has 0 amide bonds. The maximum absolute atomic E-state index is 11.5. The Bertz CT molecular complexity index is 631. The highest BCUT2D eigenvalue weighted by Gasteiger charge is 2.13. The second-order valence-electron chi connectivity index (χ2n) is 3.84. The number of carbonyl (C=O) groups excluding carboxylic acids is 1. The fourth-order valence-corrected chi connectivity index (χ4v) is 1.54. The second kappa shape index (κ2) is 6.33. The van der Waals surface area contributed by atoms with E-state index in [1.165, 1.54) is 24.5 Å². The number of carbonyl (C=O) groups is 1. The van der Waals surface area contributed by atoms with Gasteiger partial charge in [-0.25, -0.2) is 4.79 Å². The zero-order valence-corrected chi connectivity index (χ0v) is 10.4. The van der Waals surface area contributed by atoms with Crippen molar-refractivity contribution in [2.24, 2.45) is 0 Å². The molecule has 6 heteroatoms. The molecule has 0 fully saturated rings. The van der Waals surface area contributed by atoms with Gasteiger partial charge < -0.3 is 9.15 Å². The van der Waals surface area contributed by atoms with Crippen LogP contribution in [0.4, 0.5) is 5.69 Å². The van der Waals surface area contributed by atoms with Crippen molar-refractivity contribution >= 4 is 17.7 Å². The molecule has 0 bridgehead atoms. The molecule has 0 aliphatic heterocycles. The van der Waals surface area contributed by atoms with Crippen molar-refractivity contribution in [1.29, 1.82) is 0 Å². The molecule has 0 aliphatic rings. The van der Waals surface area contributed by atoms with Gasteiger partial charge in [0, 0.05) is 12.1 Å². The third kappa shape index (κ3) is 3.55. The van der Waals surface area contributed by atoms with Crippen LogP contribution in [0.2, 0.25) is 0 Å². The maximum Gasteiger partial charge on any atom is 0.331 e. The van der Waals surface area contributed by atoms with E-state index >= 15 is 0 Å². The van der Waals surface area contributed by atoms with Gasteiger partial charge in [-0.1, -0.05) is 12.1 Å². The average Bonchev–Trinajstić information content (AvgIpc) is 2.96. The highest BCUT2D eigenvalue weighted by atomic mass is 16.6. The van der Waals surface area contributed by atoms with E-state index in [2.05, 4.69) is 0 Å². The Labute approximate surface area is 114 Å². The smallest absolute Gasteiger partial charge is 0.331 e. The molecule has 1 heterocycles. The van der Waals surface area contributed by atoms with Crippen LogP contribution in [0.1, 0.15) is 11.3 Å². The number of nitrogens with zero attached hydrogens (tertiary/aromatic N) is 1. The fraction of sp³-hybridized carbons (Fsp3) is 0.0714. The molecule has 1 aromatic heterocycles. The molecular weight excluding hydrogens is 262 g/mol. The van der Waals surface area contributed by atoms with Gasteiger partial charge in [0.25, 0.3) is 5.69 Å². The minimum absolute atomic E-state index is 0.0738. The molecule has 6 nitrogen and oxygen atoms in total. The van der Waals surface area contributed by atoms with E-state index in [0.29, 0.717) is 11.3 Å². The number of ether oxygens (including phenoxy) is 1. The normalized spacial score (nSPS) is 10.6. The van der Waals surface area contributed by atoms with Gasteiger partial charge in [0.15, 0.2) is 0 Å². The standard InChI is InChI=1S/C14H11NO5/c16-14(8-7-12-5-3-9-19-12)20-10-11-4-1-2-6-13(11)15(17)18/h1-9H,10H2/b8-7+. The van der Waals surface area contributed by atoms with E-state index in [0.717, 1.165) is 0 Å². The van der Waals surface area contributed by atoms with Crippen molar-refractivity contribution in [2.45, 2.75) is 6.61 Å². The fourth-order valence-electron chi connectivity index (χ4n) is 1.54. The molecule has 0 unspecified atom stereocenters. The Morgan fingerprint density at radius 2 is 2.10 bits per heavy atom. The van der Waals surface area contributed by atoms with E-state index in [1.54, 1.807) is 30.3 Å². The maximum atomic E-state index is 11.5. The Hall–Kier alpha value is -2.89. The molecule has 102 valence electrons. The number of furan rings is 1. The van der Waals surface area contributed by atoms with Crippen molar-refractivity contribution in [2.75, 3.05) is 0 Å². The molecule has 1 aromatic carbocycles. The molecule has 0 aliphatic carbocycles. The monoisotopic (exact) mass is 273 g/mol. The third-order valence-corrected chi connectivity index (χ3v) is 2.49. The lowest BCUT2D eigenvalue weighted by molar-refractivity contribution is -0.385. The van der Waals surface area contributed by atoms with Crippen LogP contribution in [-0.2, 0) is 16.1 Å². The Morgan fingerprint density at radius 1 is 1.30 bits per heavy atom. The van der Waals surface area contributed by atoms with Crippen molar-refractivity contribution in [3.63, 3.8) is 0 Å². The summed E-state index contributed by atoms with van der Waals surface area (Å²) in [6.45, 7) is -0.154. The van der Waals surface area contributed by atoms with Gasteiger partial charge in [-0.05, 0) is 24.3 Å². The van der Waals surface area contributed by atoms with Crippen LogP contribution in [0.3, 0.4) is 0 Å². The predicted octanol–water partition coefficient (Wildman–Crippen LogP) is 2.94. The van der Waals surface area contributed by atoms with E-state index in [9.17, 15) is 14.9 Å². The molecule has 20 heavy (non-hydrogen) atoms. The largest absolute Gasteiger partial charge is 0.465 e. The third-order valence-electron chi connectivity index (χ3n) is 2.49. The van der Waals surface area contributed by atoms with E-state index in [-0.39, 0.29) is 12.3 Å². The second-order valence-corrected chi connectivity index (χ2v) is 3.84. The van der Waals surface area contributed by atoms with Gasteiger partial charge in [-0.3, -0.25) is 10.1 Å². The van der Waals surface area contributed by atoms with Crippen molar-refractivity contribution in [3.8, 4) is 0 Å². The average molecular weight is 273 g/mol. The minimum atomic E-state index is -0.598. The lowest BCUT2D eigenvalue weighted by Crippen LogP contribution is -2.03. The zero-order valence-electron chi connectivity index (χ0n) is 10.4. The summed E-state index contributed by atoms with van der Waals surface area (Å²) >= 11 is 0. The predicted molar refractivity (Wildman–Crippen MR) is 70.6 cm³/mol. The molecule has 2 rings (SSSR count). The first kappa shape index (κ1) is 13.5. The molecular formula is C14H11NO5. The Morgan fingerprint density at radius 3 is 2.80 bits per heavy atom. The van der Waals surface area contributed by atoms with Gasteiger partial charge in [0.1, 0.15) is 12.4 Å². The van der Waals surface area contributed by atoms with Crippen LogP contribution in [0.15, 0.2) is 53.2 Å². The SMILES string of the molecule is O=C(/C=C/c1ccco1)OCc1ccccc1[N+](=O)[O-].